The van der Waals surface area contributed by atoms with Gasteiger partial charge in [0.1, 0.15) is 5.01 Å². The van der Waals surface area contributed by atoms with Gasteiger partial charge in [0.2, 0.25) is 5.91 Å². The summed E-state index contributed by atoms with van der Waals surface area (Å²) < 4.78 is 1.12. The third kappa shape index (κ3) is 3.54. The van der Waals surface area contributed by atoms with E-state index < -0.39 is 0 Å². The Bertz CT molecular complexity index is 1050. The SMILES string of the molecule is O=C(C=Cc1cnc2ccccc2n1)NCc1nc2ccccc2s1. The van der Waals surface area contributed by atoms with E-state index in [0.717, 1.165) is 26.3 Å². The van der Waals surface area contributed by atoms with Crippen molar-refractivity contribution < 1.29 is 4.79 Å². The number of nitrogens with one attached hydrogen (secondary N) is 1. The number of benzene rings is 2. The number of carbonyl (C=O) groups excluding carboxylic acids is 1. The fourth-order valence-electron chi connectivity index (χ4n) is 2.43. The standard InChI is InChI=1S/C19H14N4OS/c24-18(21-12-19-23-16-7-3-4-8-17(16)25-19)10-9-13-11-20-14-5-1-2-6-15(14)22-13/h1-11H,12H2,(H,21,24). The van der Waals surface area contributed by atoms with Crippen LogP contribution >= 0.6 is 11.3 Å². The molecule has 4 rings (SSSR count). The van der Waals surface area contributed by atoms with Crippen molar-refractivity contribution in [2.75, 3.05) is 0 Å². The number of rotatable bonds is 4. The van der Waals surface area contributed by atoms with Crippen molar-refractivity contribution in [2.45, 2.75) is 6.54 Å². The average Bonchev–Trinajstić information content (AvgIpc) is 3.07. The largest absolute Gasteiger partial charge is 0.346 e. The van der Waals surface area contributed by atoms with Crippen molar-refractivity contribution in [3.05, 3.63) is 71.5 Å². The van der Waals surface area contributed by atoms with Gasteiger partial charge < -0.3 is 5.32 Å². The quantitative estimate of drug-likeness (QED) is 0.574. The van der Waals surface area contributed by atoms with E-state index in [0.29, 0.717) is 12.2 Å². The summed E-state index contributed by atoms with van der Waals surface area (Å²) >= 11 is 1.58. The van der Waals surface area contributed by atoms with Crippen LogP contribution in [0.15, 0.2) is 60.8 Å². The summed E-state index contributed by atoms with van der Waals surface area (Å²) in [4.78, 5) is 25.3. The van der Waals surface area contributed by atoms with Crippen LogP contribution in [-0.4, -0.2) is 20.9 Å². The van der Waals surface area contributed by atoms with E-state index in [1.807, 2.05) is 48.5 Å². The molecule has 0 aliphatic carbocycles. The van der Waals surface area contributed by atoms with E-state index in [2.05, 4.69) is 20.3 Å². The van der Waals surface area contributed by atoms with E-state index in [4.69, 9.17) is 0 Å². The number of fused-ring (bicyclic) bond motifs is 2. The Kier molecular flexibility index (Phi) is 4.18. The smallest absolute Gasteiger partial charge is 0.244 e. The van der Waals surface area contributed by atoms with E-state index in [1.54, 1.807) is 23.6 Å². The van der Waals surface area contributed by atoms with Crippen molar-refractivity contribution >= 4 is 44.6 Å². The molecule has 2 aromatic carbocycles. The maximum absolute atomic E-state index is 12.0. The number of amides is 1. The number of aromatic nitrogens is 3. The molecule has 0 saturated carbocycles. The zero-order chi connectivity index (χ0) is 17.1. The summed E-state index contributed by atoms with van der Waals surface area (Å²) in [6, 6.07) is 15.6. The van der Waals surface area contributed by atoms with Crippen LogP contribution in [0, 0.1) is 0 Å². The molecule has 0 saturated heterocycles. The van der Waals surface area contributed by atoms with Gasteiger partial charge in [-0.1, -0.05) is 24.3 Å². The third-order valence-corrected chi connectivity index (χ3v) is 4.66. The number of carbonyl (C=O) groups is 1. The summed E-state index contributed by atoms with van der Waals surface area (Å²) in [5, 5.41) is 3.72. The van der Waals surface area contributed by atoms with Gasteiger partial charge >= 0.3 is 0 Å². The minimum Gasteiger partial charge on any atom is -0.346 e. The number of hydrogen-bond donors (Lipinski definition) is 1. The summed E-state index contributed by atoms with van der Waals surface area (Å²) in [7, 11) is 0. The lowest BCUT2D eigenvalue weighted by Gasteiger charge is -1.99. The monoisotopic (exact) mass is 346 g/mol. The van der Waals surface area contributed by atoms with Gasteiger partial charge in [-0.05, 0) is 30.3 Å². The maximum Gasteiger partial charge on any atom is 0.244 e. The molecule has 2 heterocycles. The molecule has 0 aliphatic rings. The van der Waals surface area contributed by atoms with Crippen LogP contribution in [0.4, 0.5) is 0 Å². The van der Waals surface area contributed by atoms with Crippen LogP contribution in [0.3, 0.4) is 0 Å². The molecule has 0 spiro atoms. The molecule has 0 fully saturated rings. The number of thiazole rings is 1. The fraction of sp³-hybridized carbons (Fsp3) is 0.0526. The Morgan fingerprint density at radius 1 is 1.00 bits per heavy atom. The van der Waals surface area contributed by atoms with Crippen molar-refractivity contribution in [2.24, 2.45) is 0 Å². The zero-order valence-electron chi connectivity index (χ0n) is 13.2. The highest BCUT2D eigenvalue weighted by Crippen LogP contribution is 2.21. The fourth-order valence-corrected chi connectivity index (χ4v) is 3.34. The van der Waals surface area contributed by atoms with E-state index >= 15 is 0 Å². The molecule has 1 amide bonds. The predicted molar refractivity (Wildman–Crippen MR) is 100 cm³/mol. The predicted octanol–water partition coefficient (Wildman–Crippen LogP) is 3.57. The van der Waals surface area contributed by atoms with Crippen LogP contribution in [0.5, 0.6) is 0 Å². The number of nitrogens with zero attached hydrogens (tertiary/aromatic N) is 3. The first-order valence-electron chi connectivity index (χ1n) is 7.80. The molecule has 1 N–H and O–H groups in total. The van der Waals surface area contributed by atoms with Gasteiger partial charge in [0.25, 0.3) is 0 Å². The summed E-state index contributed by atoms with van der Waals surface area (Å²) in [5.74, 6) is -0.186. The van der Waals surface area contributed by atoms with Crippen molar-refractivity contribution in [1.82, 2.24) is 20.3 Å². The van der Waals surface area contributed by atoms with Gasteiger partial charge in [0, 0.05) is 6.08 Å². The van der Waals surface area contributed by atoms with E-state index in [-0.39, 0.29) is 5.91 Å². The molecule has 6 heteroatoms. The number of para-hydroxylation sites is 3. The van der Waals surface area contributed by atoms with Crippen molar-refractivity contribution in [3.8, 4) is 0 Å². The summed E-state index contributed by atoms with van der Waals surface area (Å²) in [6.07, 6.45) is 4.78. The Morgan fingerprint density at radius 2 is 1.76 bits per heavy atom. The van der Waals surface area contributed by atoms with Crippen LogP contribution < -0.4 is 5.32 Å². The summed E-state index contributed by atoms with van der Waals surface area (Å²) in [5.41, 5.74) is 3.24. The van der Waals surface area contributed by atoms with Gasteiger partial charge in [0.15, 0.2) is 0 Å². The first kappa shape index (κ1) is 15.4. The molecule has 0 radical (unpaired) electrons. The molecular formula is C19H14N4OS. The molecule has 4 aromatic rings. The second-order valence-corrected chi connectivity index (χ2v) is 6.53. The van der Waals surface area contributed by atoms with Gasteiger partial charge in [-0.25, -0.2) is 9.97 Å². The Labute approximate surface area is 148 Å². The normalized spacial score (nSPS) is 11.4. The van der Waals surface area contributed by atoms with Gasteiger partial charge in [-0.2, -0.15) is 0 Å². The van der Waals surface area contributed by atoms with Crippen LogP contribution in [0.1, 0.15) is 10.7 Å². The van der Waals surface area contributed by atoms with E-state index in [9.17, 15) is 4.79 Å². The highest BCUT2D eigenvalue weighted by molar-refractivity contribution is 7.18. The molecule has 2 aromatic heterocycles. The summed E-state index contributed by atoms with van der Waals surface area (Å²) in [6.45, 7) is 0.409. The molecular weight excluding hydrogens is 332 g/mol. The molecule has 0 atom stereocenters. The van der Waals surface area contributed by atoms with E-state index in [1.165, 1.54) is 6.08 Å². The Morgan fingerprint density at radius 3 is 2.60 bits per heavy atom. The van der Waals surface area contributed by atoms with Crippen LogP contribution in [0.25, 0.3) is 27.3 Å². The Hall–Kier alpha value is -3.12. The third-order valence-electron chi connectivity index (χ3n) is 3.62. The molecule has 0 aliphatic heterocycles. The molecule has 0 unspecified atom stereocenters. The minimum atomic E-state index is -0.186. The molecule has 122 valence electrons. The topological polar surface area (TPSA) is 67.8 Å². The number of hydrogen-bond acceptors (Lipinski definition) is 5. The van der Waals surface area contributed by atoms with Crippen LogP contribution in [-0.2, 0) is 11.3 Å². The Balaban J connectivity index is 1.41. The molecule has 5 nitrogen and oxygen atoms in total. The molecule has 25 heavy (non-hydrogen) atoms. The van der Waals surface area contributed by atoms with Crippen LogP contribution in [0.2, 0.25) is 0 Å². The second-order valence-electron chi connectivity index (χ2n) is 5.41. The lowest BCUT2D eigenvalue weighted by molar-refractivity contribution is -0.116. The first-order chi connectivity index (χ1) is 12.3. The highest BCUT2D eigenvalue weighted by Gasteiger charge is 2.04. The lowest BCUT2D eigenvalue weighted by Crippen LogP contribution is -2.20. The maximum atomic E-state index is 12.0. The van der Waals surface area contributed by atoms with Gasteiger partial charge in [-0.3, -0.25) is 9.78 Å². The second kappa shape index (κ2) is 6.78. The average molecular weight is 346 g/mol. The highest BCUT2D eigenvalue weighted by atomic mass is 32.1. The minimum absolute atomic E-state index is 0.186. The van der Waals surface area contributed by atoms with Gasteiger partial charge in [0.05, 0.1) is 39.7 Å². The van der Waals surface area contributed by atoms with Crippen molar-refractivity contribution in [3.63, 3.8) is 0 Å². The van der Waals surface area contributed by atoms with Crippen molar-refractivity contribution in [1.29, 1.82) is 0 Å². The zero-order valence-corrected chi connectivity index (χ0v) is 14.0. The molecule has 0 bridgehead atoms. The van der Waals surface area contributed by atoms with Gasteiger partial charge in [-0.15, -0.1) is 11.3 Å². The lowest BCUT2D eigenvalue weighted by atomic mass is 10.3. The first-order valence-corrected chi connectivity index (χ1v) is 8.62.